The minimum Gasteiger partial charge on any atom is -0.461 e. The van der Waals surface area contributed by atoms with Crippen molar-refractivity contribution in [2.45, 2.75) is 19.3 Å². The Hall–Kier alpha value is -2.86. The van der Waals surface area contributed by atoms with Crippen LogP contribution in [0.4, 0.5) is 11.5 Å². The highest BCUT2D eigenvalue weighted by atomic mass is 35.5. The van der Waals surface area contributed by atoms with Gasteiger partial charge in [0.15, 0.2) is 5.76 Å². The van der Waals surface area contributed by atoms with Crippen molar-refractivity contribution in [1.29, 1.82) is 0 Å². The lowest BCUT2D eigenvalue weighted by Crippen LogP contribution is -2.06. The van der Waals surface area contributed by atoms with Crippen LogP contribution in [-0.4, -0.2) is 19.6 Å². The normalized spacial score (nSPS) is 13.3. The van der Waals surface area contributed by atoms with Gasteiger partial charge in [-0.3, -0.25) is 0 Å². The summed E-state index contributed by atoms with van der Waals surface area (Å²) in [7, 11) is 0. The highest BCUT2D eigenvalue weighted by Crippen LogP contribution is 2.31. The van der Waals surface area contributed by atoms with Crippen molar-refractivity contribution in [2.24, 2.45) is 0 Å². The van der Waals surface area contributed by atoms with Crippen LogP contribution < -0.4 is 5.32 Å². The van der Waals surface area contributed by atoms with Crippen molar-refractivity contribution >= 4 is 28.9 Å². The number of rotatable bonds is 3. The second kappa shape index (κ2) is 5.60. The molecule has 0 unspecified atom stereocenters. The van der Waals surface area contributed by atoms with Gasteiger partial charge in [0, 0.05) is 16.3 Å². The lowest BCUT2D eigenvalue weighted by atomic mass is 10.2. The summed E-state index contributed by atoms with van der Waals surface area (Å²) < 4.78 is 7.17. The molecule has 1 aliphatic carbocycles. The maximum Gasteiger partial charge on any atom is 0.255 e. The molecule has 0 saturated carbocycles. The smallest absolute Gasteiger partial charge is 0.255 e. The maximum absolute atomic E-state index is 6.12. The first-order valence-corrected chi connectivity index (χ1v) is 8.51. The number of hydrogen-bond acceptors (Lipinski definition) is 5. The quantitative estimate of drug-likeness (QED) is 0.597. The van der Waals surface area contributed by atoms with E-state index in [2.05, 4.69) is 20.4 Å². The molecular formula is C18H14ClN5O. The Balaban J connectivity index is 1.69. The third kappa shape index (κ3) is 2.46. The van der Waals surface area contributed by atoms with E-state index in [0.717, 1.165) is 36.5 Å². The van der Waals surface area contributed by atoms with Crippen molar-refractivity contribution in [2.75, 3.05) is 5.32 Å². The predicted molar refractivity (Wildman–Crippen MR) is 95.2 cm³/mol. The molecule has 25 heavy (non-hydrogen) atoms. The lowest BCUT2D eigenvalue weighted by molar-refractivity contribution is 0.577. The molecule has 0 aliphatic heterocycles. The van der Waals surface area contributed by atoms with Gasteiger partial charge in [-0.05, 0) is 49.6 Å². The average Bonchev–Trinajstić information content (AvgIpc) is 3.34. The lowest BCUT2D eigenvalue weighted by Gasteiger charge is -2.12. The van der Waals surface area contributed by atoms with Crippen LogP contribution >= 0.6 is 11.6 Å². The molecule has 0 radical (unpaired) electrons. The van der Waals surface area contributed by atoms with Crippen LogP contribution in [0.2, 0.25) is 5.02 Å². The van der Waals surface area contributed by atoms with Crippen LogP contribution in [0.5, 0.6) is 0 Å². The summed E-state index contributed by atoms with van der Waals surface area (Å²) in [5.74, 6) is 2.61. The summed E-state index contributed by atoms with van der Waals surface area (Å²) in [5, 5.41) is 8.74. The molecule has 1 aliphatic rings. The van der Waals surface area contributed by atoms with Crippen molar-refractivity contribution in [3.8, 4) is 11.6 Å². The third-order valence-corrected chi connectivity index (χ3v) is 4.58. The van der Waals surface area contributed by atoms with E-state index in [9.17, 15) is 0 Å². The van der Waals surface area contributed by atoms with E-state index in [4.69, 9.17) is 16.0 Å². The van der Waals surface area contributed by atoms with Gasteiger partial charge in [0.1, 0.15) is 5.82 Å². The van der Waals surface area contributed by atoms with E-state index in [1.54, 1.807) is 10.8 Å². The number of nitrogens with one attached hydrogen (secondary N) is 1. The Morgan fingerprint density at radius 2 is 2.08 bits per heavy atom. The molecule has 7 heteroatoms. The maximum atomic E-state index is 6.12. The van der Waals surface area contributed by atoms with Crippen molar-refractivity contribution in [3.05, 3.63) is 58.9 Å². The Morgan fingerprint density at radius 3 is 2.92 bits per heavy atom. The summed E-state index contributed by atoms with van der Waals surface area (Å²) in [6, 6.07) is 11.3. The number of aromatic nitrogens is 4. The zero-order valence-electron chi connectivity index (χ0n) is 13.2. The summed E-state index contributed by atoms with van der Waals surface area (Å²) in [5.41, 5.74) is 3.17. The Labute approximate surface area is 148 Å². The number of furan rings is 1. The van der Waals surface area contributed by atoms with E-state index in [-0.39, 0.29) is 0 Å². The number of nitrogens with zero attached hydrogens (tertiary/aromatic N) is 4. The van der Waals surface area contributed by atoms with E-state index in [1.165, 1.54) is 5.56 Å². The van der Waals surface area contributed by atoms with Crippen LogP contribution in [0.1, 0.15) is 17.7 Å². The number of anilines is 2. The fraction of sp³-hybridized carbons (Fsp3) is 0.167. The van der Waals surface area contributed by atoms with Gasteiger partial charge in [0.05, 0.1) is 12.0 Å². The van der Waals surface area contributed by atoms with Crippen molar-refractivity contribution in [3.63, 3.8) is 0 Å². The molecule has 6 nitrogen and oxygen atoms in total. The summed E-state index contributed by atoms with van der Waals surface area (Å²) >= 11 is 6.12. The van der Waals surface area contributed by atoms with Gasteiger partial charge >= 0.3 is 0 Å². The number of benzene rings is 1. The molecule has 0 saturated heterocycles. The summed E-state index contributed by atoms with van der Waals surface area (Å²) in [6.07, 6.45) is 4.63. The van der Waals surface area contributed by atoms with Gasteiger partial charge in [-0.25, -0.2) is 4.98 Å². The molecule has 124 valence electrons. The molecule has 0 spiro atoms. The molecule has 0 fully saturated rings. The van der Waals surface area contributed by atoms with E-state index in [1.807, 2.05) is 36.4 Å². The monoisotopic (exact) mass is 351 g/mol. The number of hydrogen-bond donors (Lipinski definition) is 1. The largest absolute Gasteiger partial charge is 0.461 e. The molecular weight excluding hydrogens is 338 g/mol. The van der Waals surface area contributed by atoms with Gasteiger partial charge in [0.2, 0.25) is 5.82 Å². The van der Waals surface area contributed by atoms with Crippen LogP contribution in [0, 0.1) is 0 Å². The molecule has 4 aromatic rings. The molecule has 3 heterocycles. The van der Waals surface area contributed by atoms with Gasteiger partial charge in [-0.2, -0.15) is 9.50 Å². The SMILES string of the molecule is Clc1cccc(Nc2c3c(nc4nc(-c5ccco5)nn24)CCC3)c1. The van der Waals surface area contributed by atoms with Crippen molar-refractivity contribution < 1.29 is 4.42 Å². The number of fused-ring (bicyclic) bond motifs is 2. The zero-order valence-corrected chi connectivity index (χ0v) is 14.0. The third-order valence-electron chi connectivity index (χ3n) is 4.34. The van der Waals surface area contributed by atoms with Crippen LogP contribution in [0.3, 0.4) is 0 Å². The van der Waals surface area contributed by atoms with Crippen LogP contribution in [0.25, 0.3) is 17.4 Å². The second-order valence-corrected chi connectivity index (χ2v) is 6.44. The fourth-order valence-corrected chi connectivity index (χ4v) is 3.41. The Kier molecular flexibility index (Phi) is 3.24. The van der Waals surface area contributed by atoms with Gasteiger partial charge in [0.25, 0.3) is 5.78 Å². The van der Waals surface area contributed by atoms with Crippen LogP contribution in [0.15, 0.2) is 47.1 Å². The minimum atomic E-state index is 0.523. The fourth-order valence-electron chi connectivity index (χ4n) is 3.22. The average molecular weight is 352 g/mol. The number of aryl methyl sites for hydroxylation is 1. The van der Waals surface area contributed by atoms with Gasteiger partial charge < -0.3 is 9.73 Å². The van der Waals surface area contributed by atoms with E-state index in [0.29, 0.717) is 22.4 Å². The zero-order chi connectivity index (χ0) is 16.8. The minimum absolute atomic E-state index is 0.523. The first-order valence-electron chi connectivity index (χ1n) is 8.13. The topological polar surface area (TPSA) is 68.2 Å². The number of halogens is 1. The molecule has 5 rings (SSSR count). The molecule has 1 aromatic carbocycles. The Bertz CT molecular complexity index is 1070. The molecule has 0 bridgehead atoms. The molecule has 1 N–H and O–H groups in total. The Morgan fingerprint density at radius 1 is 1.12 bits per heavy atom. The first-order chi connectivity index (χ1) is 12.3. The molecule has 0 amide bonds. The molecule has 3 aromatic heterocycles. The second-order valence-electron chi connectivity index (χ2n) is 6.00. The highest BCUT2D eigenvalue weighted by molar-refractivity contribution is 6.30. The van der Waals surface area contributed by atoms with E-state index < -0.39 is 0 Å². The summed E-state index contributed by atoms with van der Waals surface area (Å²) in [6.45, 7) is 0. The standard InChI is InChI=1S/C18H14ClN5O/c19-11-4-1-5-12(10-11)20-17-13-6-2-7-14(13)21-18-22-16(23-24(17)18)15-8-3-9-25-15/h1,3-5,8-10,20H,2,6-7H2. The summed E-state index contributed by atoms with van der Waals surface area (Å²) in [4.78, 5) is 9.22. The molecule has 0 atom stereocenters. The van der Waals surface area contributed by atoms with Crippen molar-refractivity contribution in [1.82, 2.24) is 19.6 Å². The van der Waals surface area contributed by atoms with E-state index >= 15 is 0 Å². The van der Waals surface area contributed by atoms with Gasteiger partial charge in [-0.15, -0.1) is 5.10 Å². The predicted octanol–water partition coefficient (Wildman–Crippen LogP) is 4.27. The first kappa shape index (κ1) is 14.5. The highest BCUT2D eigenvalue weighted by Gasteiger charge is 2.23. The van der Waals surface area contributed by atoms with Gasteiger partial charge in [-0.1, -0.05) is 17.7 Å². The van der Waals surface area contributed by atoms with Crippen LogP contribution in [-0.2, 0) is 12.8 Å².